The van der Waals surface area contributed by atoms with E-state index in [9.17, 15) is 4.79 Å². The number of hydrogen-bond acceptors (Lipinski definition) is 3. The van der Waals surface area contributed by atoms with Crippen LogP contribution in [0, 0.1) is 6.92 Å². The first kappa shape index (κ1) is 20.5. The van der Waals surface area contributed by atoms with Crippen LogP contribution < -0.4 is 5.32 Å². The van der Waals surface area contributed by atoms with Crippen LogP contribution in [-0.2, 0) is 17.9 Å². The minimum absolute atomic E-state index is 0.264. The average molecular weight is 439 g/mol. The number of aromatic nitrogens is 4. The second-order valence-corrected chi connectivity index (χ2v) is 7.27. The summed E-state index contributed by atoms with van der Waals surface area (Å²) in [6.07, 6.45) is 6.45. The molecule has 1 aromatic carbocycles. The van der Waals surface area contributed by atoms with Crippen LogP contribution in [0.1, 0.15) is 23.7 Å². The van der Waals surface area contributed by atoms with E-state index in [0.717, 1.165) is 23.4 Å². The van der Waals surface area contributed by atoms with E-state index in [1.807, 2.05) is 18.5 Å². The summed E-state index contributed by atoms with van der Waals surface area (Å²) in [5.41, 5.74) is 2.60. The number of amides is 1. The summed E-state index contributed by atoms with van der Waals surface area (Å²) in [7, 11) is 0. The van der Waals surface area contributed by atoms with Gasteiger partial charge < -0.3 is 5.32 Å². The molecule has 0 saturated heterocycles. The van der Waals surface area contributed by atoms with E-state index < -0.39 is 0 Å². The maximum Gasteiger partial charge on any atom is 0.249 e. The third-order valence-electron chi connectivity index (χ3n) is 4.20. The molecule has 9 heteroatoms. The van der Waals surface area contributed by atoms with Gasteiger partial charge in [-0.1, -0.05) is 40.9 Å². The summed E-state index contributed by atoms with van der Waals surface area (Å²) in [6.45, 7) is 5.06. The molecule has 1 N–H and O–H groups in total. The molecule has 28 heavy (non-hydrogen) atoms. The lowest BCUT2D eigenvalue weighted by atomic mass is 10.2. The van der Waals surface area contributed by atoms with Crippen molar-refractivity contribution in [1.82, 2.24) is 19.6 Å². The molecule has 0 unspecified atom stereocenters. The zero-order chi connectivity index (χ0) is 20.3. The largest absolute Gasteiger partial charge is 0.304 e. The van der Waals surface area contributed by atoms with E-state index in [4.69, 9.17) is 34.8 Å². The molecular weight excluding hydrogens is 421 g/mol. The van der Waals surface area contributed by atoms with E-state index in [1.165, 1.54) is 6.08 Å². The highest BCUT2D eigenvalue weighted by atomic mass is 35.5. The molecule has 0 atom stereocenters. The number of aryl methyl sites for hydroxylation is 1. The van der Waals surface area contributed by atoms with Gasteiger partial charge in [0.05, 0.1) is 12.7 Å². The van der Waals surface area contributed by atoms with E-state index >= 15 is 0 Å². The lowest BCUT2D eigenvalue weighted by Gasteiger charge is -2.06. The molecule has 3 rings (SSSR count). The normalized spacial score (nSPS) is 11.3. The van der Waals surface area contributed by atoms with Crippen LogP contribution in [0.3, 0.4) is 0 Å². The maximum atomic E-state index is 12.2. The van der Waals surface area contributed by atoms with Crippen LogP contribution in [0.5, 0.6) is 0 Å². The van der Waals surface area contributed by atoms with E-state index in [1.54, 1.807) is 41.4 Å². The Bertz CT molecular complexity index is 1020. The number of halogens is 3. The van der Waals surface area contributed by atoms with Crippen molar-refractivity contribution in [2.75, 3.05) is 5.32 Å². The third kappa shape index (κ3) is 4.58. The number of carbonyl (C=O) groups is 1. The van der Waals surface area contributed by atoms with E-state index in [2.05, 4.69) is 15.5 Å². The van der Waals surface area contributed by atoms with Crippen molar-refractivity contribution in [2.45, 2.75) is 26.9 Å². The number of hydrogen-bond donors (Lipinski definition) is 1. The third-order valence-corrected chi connectivity index (χ3v) is 5.18. The van der Waals surface area contributed by atoms with Crippen LogP contribution in [0.15, 0.2) is 36.7 Å². The number of nitrogens with one attached hydrogen (secondary N) is 1. The molecular formula is C19H18Cl3N5O. The van der Waals surface area contributed by atoms with Crippen molar-refractivity contribution >= 4 is 52.6 Å². The highest BCUT2D eigenvalue weighted by molar-refractivity contribution is 6.36. The molecule has 146 valence electrons. The van der Waals surface area contributed by atoms with Crippen molar-refractivity contribution < 1.29 is 4.79 Å². The van der Waals surface area contributed by atoms with Crippen LogP contribution in [0.25, 0.3) is 6.08 Å². The van der Waals surface area contributed by atoms with Gasteiger partial charge in [0.15, 0.2) is 5.82 Å². The first-order valence-corrected chi connectivity index (χ1v) is 9.69. The van der Waals surface area contributed by atoms with Crippen molar-refractivity contribution in [1.29, 1.82) is 0 Å². The van der Waals surface area contributed by atoms with Gasteiger partial charge in [-0.25, -0.2) is 0 Å². The fraction of sp³-hybridized carbons (Fsp3) is 0.211. The van der Waals surface area contributed by atoms with Crippen molar-refractivity contribution in [3.8, 4) is 0 Å². The van der Waals surface area contributed by atoms with Gasteiger partial charge >= 0.3 is 0 Å². The summed E-state index contributed by atoms with van der Waals surface area (Å²) in [6, 6.07) is 5.28. The number of nitrogens with zero attached hydrogens (tertiary/aromatic N) is 4. The lowest BCUT2D eigenvalue weighted by molar-refractivity contribution is -0.111. The molecule has 1 amide bonds. The Labute approximate surface area is 177 Å². The summed E-state index contributed by atoms with van der Waals surface area (Å²) >= 11 is 18.6. The molecule has 6 nitrogen and oxygen atoms in total. The molecule has 0 radical (unpaired) electrons. The Morgan fingerprint density at radius 2 is 1.93 bits per heavy atom. The number of carbonyl (C=O) groups excluding carboxylic acids is 1. The number of benzene rings is 1. The molecule has 0 fully saturated rings. The first-order valence-electron chi connectivity index (χ1n) is 8.56. The molecule has 0 aliphatic carbocycles. The summed E-state index contributed by atoms with van der Waals surface area (Å²) in [5.74, 6) is -0.0768. The Morgan fingerprint density at radius 3 is 2.57 bits per heavy atom. The average Bonchev–Trinajstić information content (AvgIpc) is 3.18. The maximum absolute atomic E-state index is 12.2. The zero-order valence-electron chi connectivity index (χ0n) is 15.3. The molecule has 0 bridgehead atoms. The van der Waals surface area contributed by atoms with Crippen molar-refractivity contribution in [3.63, 3.8) is 0 Å². The van der Waals surface area contributed by atoms with Gasteiger partial charge in [-0.3, -0.25) is 14.2 Å². The summed E-state index contributed by atoms with van der Waals surface area (Å²) < 4.78 is 3.43. The minimum atomic E-state index is -0.341. The predicted octanol–water partition coefficient (Wildman–Crippen LogP) is 5.07. The van der Waals surface area contributed by atoms with Gasteiger partial charge in [0, 0.05) is 45.7 Å². The lowest BCUT2D eigenvalue weighted by Crippen LogP contribution is -2.10. The van der Waals surface area contributed by atoms with Crippen LogP contribution in [0.4, 0.5) is 5.82 Å². The van der Waals surface area contributed by atoms with Crippen molar-refractivity contribution in [2.24, 2.45) is 0 Å². The molecule has 0 aliphatic rings. The van der Waals surface area contributed by atoms with Gasteiger partial charge in [0.25, 0.3) is 0 Å². The fourth-order valence-electron chi connectivity index (χ4n) is 2.68. The number of rotatable bonds is 6. The van der Waals surface area contributed by atoms with Crippen LogP contribution in [-0.4, -0.2) is 25.5 Å². The predicted molar refractivity (Wildman–Crippen MR) is 113 cm³/mol. The van der Waals surface area contributed by atoms with Gasteiger partial charge in [-0.15, -0.1) is 0 Å². The molecule has 2 aromatic heterocycles. The fourth-order valence-corrected chi connectivity index (χ4v) is 3.39. The minimum Gasteiger partial charge on any atom is -0.304 e. The van der Waals surface area contributed by atoms with Crippen LogP contribution in [0.2, 0.25) is 15.1 Å². The van der Waals surface area contributed by atoms with Crippen LogP contribution >= 0.6 is 34.8 Å². The molecule has 0 spiro atoms. The Kier molecular flexibility index (Phi) is 6.44. The molecule has 0 aliphatic heterocycles. The summed E-state index contributed by atoms with van der Waals surface area (Å²) in [4.78, 5) is 12.2. The topological polar surface area (TPSA) is 64.7 Å². The quantitative estimate of drug-likeness (QED) is 0.547. The Morgan fingerprint density at radius 1 is 1.21 bits per heavy atom. The van der Waals surface area contributed by atoms with Gasteiger partial charge in [0.2, 0.25) is 5.91 Å². The molecule has 2 heterocycles. The second kappa shape index (κ2) is 8.82. The second-order valence-electron chi connectivity index (χ2n) is 6.05. The van der Waals surface area contributed by atoms with Gasteiger partial charge in [0.1, 0.15) is 5.02 Å². The van der Waals surface area contributed by atoms with E-state index in [0.29, 0.717) is 21.6 Å². The highest BCUT2D eigenvalue weighted by Gasteiger charge is 2.12. The van der Waals surface area contributed by atoms with Crippen molar-refractivity contribution in [3.05, 3.63) is 68.6 Å². The Hall–Kier alpha value is -2.28. The molecule has 3 aromatic rings. The summed E-state index contributed by atoms with van der Waals surface area (Å²) in [5, 5.41) is 12.6. The monoisotopic (exact) mass is 437 g/mol. The highest BCUT2D eigenvalue weighted by Crippen LogP contribution is 2.26. The molecule has 0 saturated carbocycles. The first-order chi connectivity index (χ1) is 13.4. The number of anilines is 1. The zero-order valence-corrected chi connectivity index (χ0v) is 17.6. The van der Waals surface area contributed by atoms with Gasteiger partial charge in [-0.2, -0.15) is 10.2 Å². The van der Waals surface area contributed by atoms with Gasteiger partial charge in [-0.05, 0) is 32.1 Å². The smallest absolute Gasteiger partial charge is 0.249 e. The Balaban J connectivity index is 1.70. The standard InChI is InChI=1S/C19H18Cl3N5O/c1-3-27-12(2)13(9-23-27)7-8-18(28)24-19-17(22)11-26(25-19)10-14-15(20)5-4-6-16(14)21/h4-9,11H,3,10H2,1-2H3,(H,24,25,28)/b8-7+. The SMILES string of the molecule is CCn1ncc(/C=C/C(=O)Nc2nn(Cc3c(Cl)cccc3Cl)cc2Cl)c1C. The van der Waals surface area contributed by atoms with E-state index in [-0.39, 0.29) is 11.7 Å².